The molecule has 2 fully saturated rings. The minimum atomic E-state index is -0.561. The number of halogens is 2. The summed E-state index contributed by atoms with van der Waals surface area (Å²) in [6.45, 7) is 7.56. The molecule has 2 aromatic rings. The van der Waals surface area contributed by atoms with Gasteiger partial charge in [-0.25, -0.2) is 8.78 Å². The molecule has 0 aliphatic heterocycles. The van der Waals surface area contributed by atoms with E-state index < -0.39 is 16.8 Å². The van der Waals surface area contributed by atoms with Crippen molar-refractivity contribution in [1.29, 1.82) is 0 Å². The summed E-state index contributed by atoms with van der Waals surface area (Å²) in [5, 5.41) is 5.67. The summed E-state index contributed by atoms with van der Waals surface area (Å²) >= 11 is 0. The van der Waals surface area contributed by atoms with Gasteiger partial charge in [0.2, 0.25) is 5.91 Å². The van der Waals surface area contributed by atoms with Crippen molar-refractivity contribution in [3.63, 3.8) is 0 Å². The van der Waals surface area contributed by atoms with Gasteiger partial charge in [-0.2, -0.15) is 0 Å². The molecule has 6 nitrogen and oxygen atoms in total. The highest BCUT2D eigenvalue weighted by Gasteiger charge is 2.88. The lowest BCUT2D eigenvalue weighted by Gasteiger charge is -2.09. The summed E-state index contributed by atoms with van der Waals surface area (Å²) in [5.74, 6) is -0.532. The fourth-order valence-corrected chi connectivity index (χ4v) is 3.76. The molecule has 0 aromatic heterocycles. The van der Waals surface area contributed by atoms with Crippen LogP contribution in [0.3, 0.4) is 0 Å². The summed E-state index contributed by atoms with van der Waals surface area (Å²) in [7, 11) is 0. The molecule has 0 spiro atoms. The first-order valence-electron chi connectivity index (χ1n) is 11.1. The van der Waals surface area contributed by atoms with Gasteiger partial charge in [0.25, 0.3) is 5.91 Å². The molecule has 2 N–H and O–H groups in total. The summed E-state index contributed by atoms with van der Waals surface area (Å²) in [6, 6.07) is 9.03. The number of carbonyl (C=O) groups is 2. The zero-order valence-corrected chi connectivity index (χ0v) is 19.4. The highest BCUT2D eigenvalue weighted by Crippen LogP contribution is 2.78. The van der Waals surface area contributed by atoms with Crippen molar-refractivity contribution in [3.05, 3.63) is 59.2 Å². The number of benzene rings is 2. The number of ether oxygens (including phenoxy) is 2. The number of hydrogen-bond acceptors (Lipinski definition) is 4. The van der Waals surface area contributed by atoms with E-state index in [1.807, 2.05) is 13.8 Å². The van der Waals surface area contributed by atoms with Crippen molar-refractivity contribution in [1.82, 2.24) is 10.6 Å². The van der Waals surface area contributed by atoms with E-state index in [4.69, 9.17) is 9.47 Å². The topological polar surface area (TPSA) is 76.7 Å². The molecule has 8 heteroatoms. The molecule has 0 atom stereocenters. The third-order valence-corrected chi connectivity index (χ3v) is 6.00. The Kier molecular flexibility index (Phi) is 7.25. The Hall–Kier alpha value is -3.16. The van der Waals surface area contributed by atoms with E-state index in [2.05, 4.69) is 10.6 Å². The molecule has 0 heterocycles. The minimum absolute atomic E-state index is 0.131. The van der Waals surface area contributed by atoms with Gasteiger partial charge in [-0.3, -0.25) is 9.59 Å². The maximum absolute atomic E-state index is 13.5. The van der Waals surface area contributed by atoms with Crippen LogP contribution in [0.2, 0.25) is 0 Å². The van der Waals surface area contributed by atoms with Crippen LogP contribution in [0.25, 0.3) is 0 Å². The van der Waals surface area contributed by atoms with Gasteiger partial charge in [0.1, 0.15) is 29.7 Å². The van der Waals surface area contributed by atoms with Gasteiger partial charge < -0.3 is 20.1 Å². The quantitative estimate of drug-likeness (QED) is 0.558. The van der Waals surface area contributed by atoms with E-state index in [-0.39, 0.29) is 43.1 Å². The average Bonchev–Trinajstić information content (AvgIpc) is 3.62. The van der Waals surface area contributed by atoms with Gasteiger partial charge >= 0.3 is 0 Å². The van der Waals surface area contributed by atoms with Gasteiger partial charge in [-0.15, -0.1) is 0 Å². The summed E-state index contributed by atoms with van der Waals surface area (Å²) < 4.78 is 37.8. The fraction of sp³-hybridized carbons (Fsp3) is 0.440. The summed E-state index contributed by atoms with van der Waals surface area (Å²) in [6.07, 6.45) is 1.17. The van der Waals surface area contributed by atoms with Crippen LogP contribution in [0, 0.1) is 30.9 Å². The van der Waals surface area contributed by atoms with Gasteiger partial charge in [0.05, 0.1) is 17.5 Å². The highest BCUT2D eigenvalue weighted by molar-refractivity contribution is 5.96. The van der Waals surface area contributed by atoms with Crippen LogP contribution in [0.5, 0.6) is 11.5 Å². The molecule has 2 saturated carbocycles. The molecule has 0 bridgehead atoms. The SMILES string of the molecule is CC.Cc1ccc(OCCNC(=O)C23CC2(NC(=O)COc2ccc(C)c(F)c2)C3)cc1F. The first-order chi connectivity index (χ1) is 15.7. The van der Waals surface area contributed by atoms with Crippen LogP contribution in [-0.2, 0) is 9.59 Å². The third kappa shape index (κ3) is 5.26. The molecule has 0 unspecified atom stereocenters. The van der Waals surface area contributed by atoms with Gasteiger partial charge in [0, 0.05) is 12.1 Å². The maximum atomic E-state index is 13.5. The van der Waals surface area contributed by atoms with Crippen LogP contribution in [0.4, 0.5) is 8.78 Å². The van der Waals surface area contributed by atoms with Crippen LogP contribution in [0.1, 0.15) is 37.8 Å². The smallest absolute Gasteiger partial charge is 0.258 e. The number of fused-ring (bicyclic) bond motifs is 1. The first-order valence-corrected chi connectivity index (χ1v) is 11.1. The Balaban J connectivity index is 0.00000149. The average molecular weight is 461 g/mol. The highest BCUT2D eigenvalue weighted by atomic mass is 19.1. The zero-order valence-electron chi connectivity index (χ0n) is 19.4. The minimum Gasteiger partial charge on any atom is -0.492 e. The molecule has 2 aliphatic rings. The molecule has 2 aromatic carbocycles. The molecule has 2 amide bonds. The van der Waals surface area contributed by atoms with E-state index >= 15 is 0 Å². The third-order valence-electron chi connectivity index (χ3n) is 6.00. The summed E-state index contributed by atoms with van der Waals surface area (Å²) in [4.78, 5) is 24.6. The molecular weight excluding hydrogens is 430 g/mol. The lowest BCUT2D eigenvalue weighted by atomic mass is 10.2. The Bertz CT molecular complexity index is 1040. The van der Waals surface area contributed by atoms with Crippen LogP contribution >= 0.6 is 0 Å². The molecule has 0 radical (unpaired) electrons. The first kappa shape index (κ1) is 24.5. The number of hydrogen-bond donors (Lipinski definition) is 2. The predicted molar refractivity (Wildman–Crippen MR) is 120 cm³/mol. The largest absolute Gasteiger partial charge is 0.492 e. The molecule has 178 valence electrons. The normalized spacial score (nSPS) is 21.6. The second kappa shape index (κ2) is 9.77. The van der Waals surface area contributed by atoms with Crippen molar-refractivity contribution in [3.8, 4) is 11.5 Å². The van der Waals surface area contributed by atoms with E-state index in [1.165, 1.54) is 12.1 Å². The molecular formula is C25H30F2N2O4. The second-order valence-electron chi connectivity index (χ2n) is 8.28. The van der Waals surface area contributed by atoms with Gasteiger partial charge in [-0.1, -0.05) is 26.0 Å². The number of carbonyl (C=O) groups excluding carboxylic acids is 2. The standard InChI is InChI=1S/C23H24F2N2O4.C2H6/c1-14-3-5-16(9-18(14)24)30-8-7-26-21(29)22-12-23(22,13-22)27-20(28)11-31-17-6-4-15(2)19(25)10-17;1-2/h3-6,9-10H,7-8,11-13H2,1-2H3,(H,26,29)(H,27,28);1-2H3. The maximum Gasteiger partial charge on any atom is 0.258 e. The van der Waals surface area contributed by atoms with E-state index in [0.717, 1.165) is 0 Å². The van der Waals surface area contributed by atoms with Crippen LogP contribution < -0.4 is 20.1 Å². The van der Waals surface area contributed by atoms with Crippen molar-refractivity contribution in [2.24, 2.45) is 5.41 Å². The van der Waals surface area contributed by atoms with E-state index in [0.29, 0.717) is 29.7 Å². The summed E-state index contributed by atoms with van der Waals surface area (Å²) in [5.41, 5.74) is -0.0260. The second-order valence-corrected chi connectivity index (χ2v) is 8.28. The fourth-order valence-electron chi connectivity index (χ4n) is 3.76. The van der Waals surface area contributed by atoms with Crippen molar-refractivity contribution < 1.29 is 27.8 Å². The number of aryl methyl sites for hydroxylation is 2. The lowest BCUT2D eigenvalue weighted by Crippen LogP contribution is -2.36. The lowest BCUT2D eigenvalue weighted by molar-refractivity contribution is -0.124. The monoisotopic (exact) mass is 460 g/mol. The van der Waals surface area contributed by atoms with Crippen LogP contribution in [0.15, 0.2) is 36.4 Å². The van der Waals surface area contributed by atoms with Crippen molar-refractivity contribution in [2.75, 3.05) is 19.8 Å². The van der Waals surface area contributed by atoms with E-state index in [9.17, 15) is 18.4 Å². The predicted octanol–water partition coefficient (Wildman–Crippen LogP) is 3.83. The Morgan fingerprint density at radius 3 is 2.03 bits per heavy atom. The molecule has 0 saturated heterocycles. The number of nitrogens with one attached hydrogen (secondary N) is 2. The number of rotatable bonds is 9. The van der Waals surface area contributed by atoms with Gasteiger partial charge in [-0.05, 0) is 49.9 Å². The molecule has 2 aliphatic carbocycles. The Morgan fingerprint density at radius 2 is 1.48 bits per heavy atom. The Labute approximate surface area is 192 Å². The Morgan fingerprint density at radius 1 is 0.939 bits per heavy atom. The van der Waals surface area contributed by atoms with E-state index in [1.54, 1.807) is 38.1 Å². The number of amides is 2. The molecule has 4 rings (SSSR count). The van der Waals surface area contributed by atoms with Crippen molar-refractivity contribution >= 4 is 11.8 Å². The molecule has 33 heavy (non-hydrogen) atoms. The van der Waals surface area contributed by atoms with Gasteiger partial charge in [0.15, 0.2) is 6.61 Å². The zero-order chi connectivity index (χ0) is 24.2. The van der Waals surface area contributed by atoms with Crippen LogP contribution in [-0.4, -0.2) is 37.1 Å². The van der Waals surface area contributed by atoms with Crippen molar-refractivity contribution in [2.45, 2.75) is 46.1 Å².